The standard InChI is InChI=1S/C20H38O3/c1-2-3-4-13-16-19(21)17-14-11-9-7-5-6-8-10-12-15-18-20(22)23/h11,14,19,21H,2-10,12-13,15-18H2,1H3,(H,22,23)/b14-11-/t19-/m1/s1. The number of carboxylic acid groups (broad SMARTS) is 1. The summed E-state index contributed by atoms with van der Waals surface area (Å²) in [5.74, 6) is -0.678. The first-order valence-corrected chi connectivity index (χ1v) is 9.71. The van der Waals surface area contributed by atoms with Crippen molar-refractivity contribution >= 4 is 5.97 Å². The first kappa shape index (κ1) is 22.2. The third-order valence-corrected chi connectivity index (χ3v) is 4.23. The number of carboxylic acids is 1. The molecule has 0 fully saturated rings. The first-order chi connectivity index (χ1) is 11.2. The van der Waals surface area contributed by atoms with E-state index in [1.807, 2.05) is 0 Å². The van der Waals surface area contributed by atoms with Gasteiger partial charge in [0.2, 0.25) is 0 Å². The predicted octanol–water partition coefficient (Wildman–Crippen LogP) is 5.86. The van der Waals surface area contributed by atoms with Crippen molar-refractivity contribution < 1.29 is 15.0 Å². The maximum absolute atomic E-state index is 10.4. The van der Waals surface area contributed by atoms with Crippen LogP contribution < -0.4 is 0 Å². The van der Waals surface area contributed by atoms with Gasteiger partial charge in [-0.3, -0.25) is 4.79 Å². The number of rotatable bonds is 17. The smallest absolute Gasteiger partial charge is 0.303 e. The molecule has 0 aliphatic rings. The van der Waals surface area contributed by atoms with Crippen LogP contribution in [-0.4, -0.2) is 22.3 Å². The van der Waals surface area contributed by atoms with Gasteiger partial charge in [0, 0.05) is 6.42 Å². The highest BCUT2D eigenvalue weighted by Crippen LogP contribution is 2.11. The van der Waals surface area contributed by atoms with E-state index < -0.39 is 5.97 Å². The minimum atomic E-state index is -0.678. The number of hydrogen-bond acceptors (Lipinski definition) is 2. The van der Waals surface area contributed by atoms with E-state index in [0.717, 1.165) is 44.9 Å². The van der Waals surface area contributed by atoms with Gasteiger partial charge in [-0.05, 0) is 32.1 Å². The number of aliphatic hydroxyl groups excluding tert-OH is 1. The van der Waals surface area contributed by atoms with Crippen molar-refractivity contribution in [1.29, 1.82) is 0 Å². The van der Waals surface area contributed by atoms with Crippen LogP contribution in [-0.2, 0) is 4.79 Å². The Bertz CT molecular complexity index is 287. The summed E-state index contributed by atoms with van der Waals surface area (Å²) in [7, 11) is 0. The minimum absolute atomic E-state index is 0.158. The van der Waals surface area contributed by atoms with Crippen LogP contribution >= 0.6 is 0 Å². The zero-order valence-electron chi connectivity index (χ0n) is 15.1. The van der Waals surface area contributed by atoms with Crippen molar-refractivity contribution in [1.82, 2.24) is 0 Å². The van der Waals surface area contributed by atoms with Gasteiger partial charge in [0.15, 0.2) is 0 Å². The van der Waals surface area contributed by atoms with Crippen molar-refractivity contribution in [3.05, 3.63) is 12.2 Å². The van der Waals surface area contributed by atoms with Gasteiger partial charge >= 0.3 is 5.97 Å². The zero-order valence-corrected chi connectivity index (χ0v) is 15.1. The van der Waals surface area contributed by atoms with E-state index in [2.05, 4.69) is 19.1 Å². The molecule has 0 aliphatic carbocycles. The van der Waals surface area contributed by atoms with E-state index in [9.17, 15) is 9.90 Å². The fourth-order valence-corrected chi connectivity index (χ4v) is 2.72. The fraction of sp³-hybridized carbons (Fsp3) is 0.850. The molecule has 0 saturated heterocycles. The Hall–Kier alpha value is -0.830. The van der Waals surface area contributed by atoms with E-state index in [-0.39, 0.29) is 6.10 Å². The second-order valence-electron chi connectivity index (χ2n) is 6.62. The molecule has 0 unspecified atom stereocenters. The summed E-state index contributed by atoms with van der Waals surface area (Å²) in [6.07, 6.45) is 20.2. The highest BCUT2D eigenvalue weighted by molar-refractivity contribution is 5.66. The Kier molecular flexibility index (Phi) is 16.9. The summed E-state index contributed by atoms with van der Waals surface area (Å²) in [5, 5.41) is 18.4. The van der Waals surface area contributed by atoms with Crippen LogP contribution in [0.2, 0.25) is 0 Å². The lowest BCUT2D eigenvalue weighted by molar-refractivity contribution is -0.137. The molecule has 0 aromatic heterocycles. The Labute approximate surface area is 143 Å². The van der Waals surface area contributed by atoms with Gasteiger partial charge in [-0.25, -0.2) is 0 Å². The molecule has 0 aromatic rings. The number of unbranched alkanes of at least 4 members (excludes halogenated alkanes) is 10. The SMILES string of the molecule is CCCCCC[C@@H](O)C/C=C\CCCCCCCCCC(=O)O. The van der Waals surface area contributed by atoms with Crippen LogP contribution in [0, 0.1) is 0 Å². The number of allylic oxidation sites excluding steroid dienone is 1. The zero-order chi connectivity index (χ0) is 17.2. The molecule has 136 valence electrons. The molecule has 0 radical (unpaired) electrons. The summed E-state index contributed by atoms with van der Waals surface area (Å²) >= 11 is 0. The molecule has 3 heteroatoms. The molecule has 1 atom stereocenters. The summed E-state index contributed by atoms with van der Waals surface area (Å²) in [4.78, 5) is 10.4. The molecule has 0 aromatic carbocycles. The van der Waals surface area contributed by atoms with Crippen molar-refractivity contribution in [2.24, 2.45) is 0 Å². The lowest BCUT2D eigenvalue weighted by atomic mass is 10.1. The van der Waals surface area contributed by atoms with Crippen LogP contribution in [0.4, 0.5) is 0 Å². The average Bonchev–Trinajstić information content (AvgIpc) is 2.52. The fourth-order valence-electron chi connectivity index (χ4n) is 2.72. The maximum Gasteiger partial charge on any atom is 0.303 e. The molecule has 0 spiro atoms. The largest absolute Gasteiger partial charge is 0.481 e. The van der Waals surface area contributed by atoms with Crippen molar-refractivity contribution in [2.75, 3.05) is 0 Å². The van der Waals surface area contributed by atoms with Crippen molar-refractivity contribution in [2.45, 2.75) is 109 Å². The maximum atomic E-state index is 10.4. The second-order valence-corrected chi connectivity index (χ2v) is 6.62. The van der Waals surface area contributed by atoms with Gasteiger partial charge in [-0.15, -0.1) is 0 Å². The highest BCUT2D eigenvalue weighted by atomic mass is 16.4. The van der Waals surface area contributed by atoms with Crippen molar-refractivity contribution in [3.8, 4) is 0 Å². The Morgan fingerprint density at radius 1 is 0.870 bits per heavy atom. The van der Waals surface area contributed by atoms with Gasteiger partial charge in [-0.1, -0.05) is 76.9 Å². The highest BCUT2D eigenvalue weighted by Gasteiger charge is 2.00. The molecule has 0 amide bonds. The monoisotopic (exact) mass is 326 g/mol. The third-order valence-electron chi connectivity index (χ3n) is 4.23. The Balaban J connectivity index is 3.23. The number of aliphatic carboxylic acids is 1. The average molecular weight is 327 g/mol. The van der Waals surface area contributed by atoms with Crippen LogP contribution in [0.5, 0.6) is 0 Å². The van der Waals surface area contributed by atoms with Crippen molar-refractivity contribution in [3.63, 3.8) is 0 Å². The lowest BCUT2D eigenvalue weighted by Gasteiger charge is -2.07. The molecule has 0 heterocycles. The third kappa shape index (κ3) is 19.1. The van der Waals surface area contributed by atoms with Crippen LogP contribution in [0.1, 0.15) is 103 Å². The molecule has 23 heavy (non-hydrogen) atoms. The minimum Gasteiger partial charge on any atom is -0.481 e. The van der Waals surface area contributed by atoms with Gasteiger partial charge < -0.3 is 10.2 Å². The molecule has 2 N–H and O–H groups in total. The normalized spacial score (nSPS) is 12.8. The summed E-state index contributed by atoms with van der Waals surface area (Å²) in [6, 6.07) is 0. The summed E-state index contributed by atoms with van der Waals surface area (Å²) in [5.41, 5.74) is 0. The quantitative estimate of drug-likeness (QED) is 0.260. The number of aliphatic hydroxyl groups is 1. The summed E-state index contributed by atoms with van der Waals surface area (Å²) in [6.45, 7) is 2.21. The lowest BCUT2D eigenvalue weighted by Crippen LogP contribution is -2.04. The number of hydrogen-bond donors (Lipinski definition) is 2. The van der Waals surface area contributed by atoms with E-state index in [4.69, 9.17) is 5.11 Å². The Morgan fingerprint density at radius 2 is 1.48 bits per heavy atom. The van der Waals surface area contributed by atoms with Crippen LogP contribution in [0.25, 0.3) is 0 Å². The van der Waals surface area contributed by atoms with E-state index >= 15 is 0 Å². The first-order valence-electron chi connectivity index (χ1n) is 9.71. The van der Waals surface area contributed by atoms with E-state index in [1.54, 1.807) is 0 Å². The van der Waals surface area contributed by atoms with Crippen LogP contribution in [0.15, 0.2) is 12.2 Å². The number of carbonyl (C=O) groups is 1. The second kappa shape index (κ2) is 17.5. The molecule has 0 rings (SSSR count). The van der Waals surface area contributed by atoms with Gasteiger partial charge in [0.05, 0.1) is 6.10 Å². The van der Waals surface area contributed by atoms with Gasteiger partial charge in [-0.2, -0.15) is 0 Å². The van der Waals surface area contributed by atoms with E-state index in [1.165, 1.54) is 44.9 Å². The van der Waals surface area contributed by atoms with Gasteiger partial charge in [0.1, 0.15) is 0 Å². The molecule has 3 nitrogen and oxygen atoms in total. The topological polar surface area (TPSA) is 57.5 Å². The molecular weight excluding hydrogens is 288 g/mol. The predicted molar refractivity (Wildman–Crippen MR) is 97.7 cm³/mol. The van der Waals surface area contributed by atoms with E-state index in [0.29, 0.717) is 6.42 Å². The Morgan fingerprint density at radius 3 is 2.13 bits per heavy atom. The molecule has 0 saturated carbocycles. The molecular formula is C20H38O3. The van der Waals surface area contributed by atoms with Gasteiger partial charge in [0.25, 0.3) is 0 Å². The molecule has 0 bridgehead atoms. The van der Waals surface area contributed by atoms with Crippen LogP contribution in [0.3, 0.4) is 0 Å². The summed E-state index contributed by atoms with van der Waals surface area (Å²) < 4.78 is 0. The molecule has 0 aliphatic heterocycles.